The average Bonchev–Trinajstić information content (AvgIpc) is 2.82. The molecule has 0 N–H and O–H groups in total. The molecule has 0 aromatic heterocycles. The highest BCUT2D eigenvalue weighted by molar-refractivity contribution is 8.27. The first-order chi connectivity index (χ1) is 10.1. The van der Waals surface area contributed by atoms with Gasteiger partial charge in [-0.05, 0) is 19.4 Å². The molecular formula is C18H18N2S. The minimum Gasteiger partial charge on any atom is -0.275 e. The van der Waals surface area contributed by atoms with Gasteiger partial charge in [0.05, 0.1) is 6.54 Å². The molecule has 1 aliphatic rings. The topological polar surface area (TPSA) is 24.7 Å². The Labute approximate surface area is 130 Å². The molecule has 0 bridgehead atoms. The Morgan fingerprint density at radius 1 is 0.952 bits per heavy atom. The summed E-state index contributed by atoms with van der Waals surface area (Å²) in [6.07, 6.45) is 0. The van der Waals surface area contributed by atoms with Crippen molar-refractivity contribution in [2.24, 2.45) is 9.98 Å². The van der Waals surface area contributed by atoms with E-state index in [1.54, 1.807) is 11.8 Å². The van der Waals surface area contributed by atoms with Crippen molar-refractivity contribution in [2.45, 2.75) is 25.9 Å². The normalized spacial score (nSPS) is 18.8. The molecule has 2 nitrogen and oxygen atoms in total. The molecule has 1 heterocycles. The summed E-state index contributed by atoms with van der Waals surface area (Å²) in [5.74, 6) is 0. The lowest BCUT2D eigenvalue weighted by molar-refractivity contribution is 0.715. The van der Waals surface area contributed by atoms with Crippen LogP contribution in [-0.2, 0) is 6.54 Å². The third kappa shape index (κ3) is 3.24. The Kier molecular flexibility index (Phi) is 3.93. The number of hydrogen-bond acceptors (Lipinski definition) is 3. The number of hydrogen-bond donors (Lipinski definition) is 0. The Morgan fingerprint density at radius 3 is 2.24 bits per heavy atom. The standard InChI is InChI=1S/C18H18N2S/c1-18(2)17(19-13-14-9-5-3-6-10-14)21-16(20-18)15-11-7-4-8-12-15/h3-12H,13H2,1-2H3. The molecule has 0 unspecified atom stereocenters. The van der Waals surface area contributed by atoms with Gasteiger partial charge in [0, 0.05) is 5.56 Å². The van der Waals surface area contributed by atoms with Gasteiger partial charge in [-0.3, -0.25) is 9.98 Å². The Bertz CT molecular complexity index is 673. The summed E-state index contributed by atoms with van der Waals surface area (Å²) >= 11 is 1.69. The molecule has 0 fully saturated rings. The molecule has 0 radical (unpaired) electrons. The van der Waals surface area contributed by atoms with Crippen molar-refractivity contribution < 1.29 is 0 Å². The first kappa shape index (κ1) is 14.1. The van der Waals surface area contributed by atoms with Crippen LogP contribution in [0.25, 0.3) is 0 Å². The van der Waals surface area contributed by atoms with Crippen LogP contribution in [0.15, 0.2) is 70.6 Å². The summed E-state index contributed by atoms with van der Waals surface area (Å²) < 4.78 is 0. The molecule has 0 saturated carbocycles. The largest absolute Gasteiger partial charge is 0.275 e. The molecule has 0 amide bonds. The maximum atomic E-state index is 4.83. The van der Waals surface area contributed by atoms with Gasteiger partial charge >= 0.3 is 0 Å². The zero-order valence-corrected chi connectivity index (χ0v) is 13.1. The molecule has 3 rings (SSSR count). The number of benzene rings is 2. The van der Waals surface area contributed by atoms with E-state index in [0.29, 0.717) is 6.54 Å². The zero-order valence-electron chi connectivity index (χ0n) is 12.3. The lowest BCUT2D eigenvalue weighted by Gasteiger charge is -2.13. The molecule has 0 spiro atoms. The molecule has 1 aliphatic heterocycles. The van der Waals surface area contributed by atoms with E-state index in [1.807, 2.05) is 36.4 Å². The quantitative estimate of drug-likeness (QED) is 0.814. The lowest BCUT2D eigenvalue weighted by atomic mass is 10.1. The Morgan fingerprint density at radius 2 is 1.57 bits per heavy atom. The maximum absolute atomic E-state index is 4.83. The SMILES string of the molecule is CC1(C)N=C(c2ccccc2)SC1=NCc1ccccc1. The summed E-state index contributed by atoms with van der Waals surface area (Å²) in [6, 6.07) is 20.7. The van der Waals surface area contributed by atoms with Gasteiger partial charge in [-0.25, -0.2) is 0 Å². The lowest BCUT2D eigenvalue weighted by Crippen LogP contribution is -2.22. The molecule has 3 heteroatoms. The minimum absolute atomic E-state index is 0.232. The van der Waals surface area contributed by atoms with E-state index in [1.165, 1.54) is 11.1 Å². The van der Waals surface area contributed by atoms with Crippen LogP contribution in [0.3, 0.4) is 0 Å². The molecular weight excluding hydrogens is 276 g/mol. The van der Waals surface area contributed by atoms with Gasteiger partial charge in [-0.2, -0.15) is 0 Å². The molecule has 2 aromatic rings. The van der Waals surface area contributed by atoms with E-state index in [-0.39, 0.29) is 5.54 Å². The van der Waals surface area contributed by atoms with Gasteiger partial charge in [0.1, 0.15) is 15.6 Å². The summed E-state index contributed by atoms with van der Waals surface area (Å²) in [6.45, 7) is 4.96. The van der Waals surface area contributed by atoms with E-state index in [0.717, 1.165) is 10.1 Å². The van der Waals surface area contributed by atoms with Gasteiger partial charge in [-0.15, -0.1) is 0 Å². The van der Waals surface area contributed by atoms with Gasteiger partial charge < -0.3 is 0 Å². The van der Waals surface area contributed by atoms with Crippen LogP contribution in [-0.4, -0.2) is 15.6 Å². The second-order valence-electron chi connectivity index (χ2n) is 5.55. The van der Waals surface area contributed by atoms with Gasteiger partial charge in [-0.1, -0.05) is 72.4 Å². The Balaban J connectivity index is 1.80. The van der Waals surface area contributed by atoms with E-state index >= 15 is 0 Å². The summed E-state index contributed by atoms with van der Waals surface area (Å²) in [5.41, 5.74) is 2.17. The number of rotatable bonds is 3. The fraction of sp³-hybridized carbons (Fsp3) is 0.222. The van der Waals surface area contributed by atoms with Crippen LogP contribution in [0.5, 0.6) is 0 Å². The van der Waals surface area contributed by atoms with E-state index in [4.69, 9.17) is 9.98 Å². The minimum atomic E-state index is -0.232. The van der Waals surface area contributed by atoms with E-state index in [2.05, 4.69) is 38.1 Å². The van der Waals surface area contributed by atoms with Gasteiger partial charge in [0.25, 0.3) is 0 Å². The monoisotopic (exact) mass is 294 g/mol. The summed E-state index contributed by atoms with van der Waals surface area (Å²) in [5, 5.41) is 2.15. The van der Waals surface area contributed by atoms with Crippen molar-refractivity contribution in [1.82, 2.24) is 0 Å². The van der Waals surface area contributed by atoms with Gasteiger partial charge in [0.2, 0.25) is 0 Å². The number of thioether (sulfide) groups is 1. The van der Waals surface area contributed by atoms with Crippen LogP contribution in [0, 0.1) is 0 Å². The highest BCUT2D eigenvalue weighted by atomic mass is 32.2. The van der Waals surface area contributed by atoms with Crippen LogP contribution in [0.1, 0.15) is 25.0 Å². The van der Waals surface area contributed by atoms with Crippen LogP contribution >= 0.6 is 11.8 Å². The van der Waals surface area contributed by atoms with Gasteiger partial charge in [0.15, 0.2) is 0 Å². The fourth-order valence-corrected chi connectivity index (χ4v) is 3.35. The predicted octanol–water partition coefficient (Wildman–Crippen LogP) is 4.56. The average molecular weight is 294 g/mol. The highest BCUT2D eigenvalue weighted by Crippen LogP contribution is 2.33. The van der Waals surface area contributed by atoms with Crippen molar-refractivity contribution >= 4 is 21.8 Å². The highest BCUT2D eigenvalue weighted by Gasteiger charge is 2.33. The smallest absolute Gasteiger partial charge is 0.105 e. The number of nitrogens with zero attached hydrogens (tertiary/aromatic N) is 2. The summed E-state index contributed by atoms with van der Waals surface area (Å²) in [4.78, 5) is 9.62. The number of aliphatic imine (C=N–C) groups is 2. The Hall–Kier alpha value is -1.87. The molecule has 21 heavy (non-hydrogen) atoms. The molecule has 0 atom stereocenters. The third-order valence-electron chi connectivity index (χ3n) is 3.37. The molecule has 0 saturated heterocycles. The van der Waals surface area contributed by atoms with Crippen molar-refractivity contribution in [3.63, 3.8) is 0 Å². The fourth-order valence-electron chi connectivity index (χ4n) is 2.22. The first-order valence-electron chi connectivity index (χ1n) is 7.07. The summed E-state index contributed by atoms with van der Waals surface area (Å²) in [7, 11) is 0. The molecule has 2 aromatic carbocycles. The van der Waals surface area contributed by atoms with Crippen molar-refractivity contribution in [2.75, 3.05) is 0 Å². The second kappa shape index (κ2) is 5.86. The van der Waals surface area contributed by atoms with Crippen molar-refractivity contribution in [1.29, 1.82) is 0 Å². The van der Waals surface area contributed by atoms with Crippen molar-refractivity contribution in [3.8, 4) is 0 Å². The third-order valence-corrected chi connectivity index (χ3v) is 4.71. The molecule has 106 valence electrons. The second-order valence-corrected chi connectivity index (χ2v) is 6.53. The molecule has 0 aliphatic carbocycles. The van der Waals surface area contributed by atoms with E-state index < -0.39 is 0 Å². The predicted molar refractivity (Wildman–Crippen MR) is 92.2 cm³/mol. The van der Waals surface area contributed by atoms with E-state index in [9.17, 15) is 0 Å². The zero-order chi connectivity index (χ0) is 14.7. The van der Waals surface area contributed by atoms with Crippen LogP contribution < -0.4 is 0 Å². The van der Waals surface area contributed by atoms with Crippen molar-refractivity contribution in [3.05, 3.63) is 71.8 Å². The first-order valence-corrected chi connectivity index (χ1v) is 7.89. The van der Waals surface area contributed by atoms with Crippen LogP contribution in [0.2, 0.25) is 0 Å². The maximum Gasteiger partial charge on any atom is 0.105 e. The van der Waals surface area contributed by atoms with Crippen LogP contribution in [0.4, 0.5) is 0 Å².